The molecule has 3 heterocycles. The number of aromatic nitrogens is 2. The number of aryl methyl sites for hydroxylation is 1. The highest BCUT2D eigenvalue weighted by Gasteiger charge is 2.40. The molecule has 1 saturated heterocycles. The molecule has 3 aromatic rings. The van der Waals surface area contributed by atoms with Crippen molar-refractivity contribution in [1.82, 2.24) is 20.4 Å². The molecule has 2 amide bonds. The van der Waals surface area contributed by atoms with E-state index in [1.54, 1.807) is 23.4 Å². The van der Waals surface area contributed by atoms with E-state index < -0.39 is 18.0 Å². The molecule has 3 atom stereocenters. The maximum atomic E-state index is 13.5. The van der Waals surface area contributed by atoms with Crippen LogP contribution in [0.5, 0.6) is 0 Å². The molecule has 0 spiro atoms. The van der Waals surface area contributed by atoms with Crippen LogP contribution in [0.15, 0.2) is 59.4 Å². The number of amides is 2. The van der Waals surface area contributed by atoms with Crippen LogP contribution in [-0.4, -0.2) is 51.2 Å². The van der Waals surface area contributed by atoms with Crippen molar-refractivity contribution < 1.29 is 19.2 Å². The van der Waals surface area contributed by atoms with E-state index in [0.29, 0.717) is 18.7 Å². The molecule has 8 nitrogen and oxygen atoms in total. The Bertz CT molecular complexity index is 1140. The number of hydrogen-bond acceptors (Lipinski definition) is 6. The van der Waals surface area contributed by atoms with E-state index in [9.17, 15) is 14.7 Å². The average molecular weight is 477 g/mol. The molecule has 2 N–H and O–H groups in total. The normalized spacial score (nSPS) is 17.4. The van der Waals surface area contributed by atoms with Crippen LogP contribution >= 0.6 is 0 Å². The lowest BCUT2D eigenvalue weighted by atomic mass is 9.91. The van der Waals surface area contributed by atoms with E-state index >= 15 is 0 Å². The van der Waals surface area contributed by atoms with E-state index in [1.165, 1.54) is 0 Å². The van der Waals surface area contributed by atoms with Crippen LogP contribution < -0.4 is 5.32 Å². The number of aliphatic hydroxyl groups excluding tert-OH is 1. The van der Waals surface area contributed by atoms with Crippen LogP contribution in [0.25, 0.3) is 11.1 Å². The van der Waals surface area contributed by atoms with Gasteiger partial charge in [-0.05, 0) is 54.5 Å². The second kappa shape index (κ2) is 10.8. The van der Waals surface area contributed by atoms with Gasteiger partial charge < -0.3 is 19.8 Å². The molecule has 2 aromatic heterocycles. The predicted octanol–water partition coefficient (Wildman–Crippen LogP) is 3.63. The highest BCUT2D eigenvalue weighted by atomic mass is 16.5. The van der Waals surface area contributed by atoms with Crippen molar-refractivity contribution in [2.45, 2.75) is 51.6 Å². The molecular formula is C27H32N4O4. The van der Waals surface area contributed by atoms with E-state index in [4.69, 9.17) is 4.52 Å². The Hall–Kier alpha value is -3.52. The molecule has 0 saturated carbocycles. The molecule has 35 heavy (non-hydrogen) atoms. The number of carbonyl (C=O) groups excluding carboxylic acids is 2. The summed E-state index contributed by atoms with van der Waals surface area (Å²) in [5.41, 5.74) is 3.58. The lowest BCUT2D eigenvalue weighted by Gasteiger charge is -2.30. The highest BCUT2D eigenvalue weighted by Crippen LogP contribution is 2.31. The third kappa shape index (κ3) is 5.43. The number of benzene rings is 1. The second-order valence-electron chi connectivity index (χ2n) is 9.38. The fourth-order valence-electron chi connectivity index (χ4n) is 4.70. The molecule has 0 aliphatic carbocycles. The fourth-order valence-corrected chi connectivity index (χ4v) is 4.70. The van der Waals surface area contributed by atoms with E-state index in [0.717, 1.165) is 28.8 Å². The van der Waals surface area contributed by atoms with Crippen molar-refractivity contribution in [2.24, 2.45) is 5.92 Å². The first kappa shape index (κ1) is 24.6. The molecular weight excluding hydrogens is 444 g/mol. The summed E-state index contributed by atoms with van der Waals surface area (Å²) in [6.45, 7) is 6.01. The molecule has 1 aliphatic heterocycles. The molecule has 0 radical (unpaired) electrons. The molecule has 0 unspecified atom stereocenters. The summed E-state index contributed by atoms with van der Waals surface area (Å²) in [5.74, 6) is -0.376. The number of nitrogens with one attached hydrogen (secondary N) is 1. The average Bonchev–Trinajstić information content (AvgIpc) is 3.52. The molecule has 8 heteroatoms. The topological polar surface area (TPSA) is 109 Å². The van der Waals surface area contributed by atoms with Gasteiger partial charge in [0.25, 0.3) is 0 Å². The SMILES string of the molecule is Cc1cc([C@H](C(=O)N2CCC[C@H]2C(=O)N[C@@H](CO)c2ccc(-c3ccncc3)cc2)C(C)C)on1. The van der Waals surface area contributed by atoms with E-state index in [-0.39, 0.29) is 24.3 Å². The maximum absolute atomic E-state index is 13.5. The van der Waals surface area contributed by atoms with Crippen LogP contribution in [0.4, 0.5) is 0 Å². The lowest BCUT2D eigenvalue weighted by molar-refractivity contribution is -0.141. The zero-order valence-corrected chi connectivity index (χ0v) is 20.3. The zero-order valence-electron chi connectivity index (χ0n) is 20.3. The van der Waals surface area contributed by atoms with Gasteiger partial charge in [-0.2, -0.15) is 0 Å². The first-order valence-electron chi connectivity index (χ1n) is 12.0. The van der Waals surface area contributed by atoms with Crippen LogP contribution in [0.3, 0.4) is 0 Å². The number of carbonyl (C=O) groups is 2. The van der Waals surface area contributed by atoms with Gasteiger partial charge in [-0.25, -0.2) is 0 Å². The van der Waals surface area contributed by atoms with Crippen molar-refractivity contribution in [3.8, 4) is 11.1 Å². The van der Waals surface area contributed by atoms with Crippen molar-refractivity contribution in [1.29, 1.82) is 0 Å². The molecule has 1 aromatic carbocycles. The first-order valence-corrected chi connectivity index (χ1v) is 12.0. The summed E-state index contributed by atoms with van der Waals surface area (Å²) >= 11 is 0. The Labute approximate surface area is 205 Å². The predicted molar refractivity (Wildman–Crippen MR) is 131 cm³/mol. The molecule has 1 fully saturated rings. The summed E-state index contributed by atoms with van der Waals surface area (Å²) < 4.78 is 5.41. The molecule has 0 bridgehead atoms. The number of rotatable bonds is 8. The number of aliphatic hydroxyl groups is 1. The lowest BCUT2D eigenvalue weighted by Crippen LogP contribution is -2.49. The van der Waals surface area contributed by atoms with Gasteiger partial charge in [-0.3, -0.25) is 14.6 Å². The van der Waals surface area contributed by atoms with E-state index in [1.807, 2.05) is 57.2 Å². The summed E-state index contributed by atoms with van der Waals surface area (Å²) in [7, 11) is 0. The smallest absolute Gasteiger partial charge is 0.243 e. The number of nitrogens with zero attached hydrogens (tertiary/aromatic N) is 3. The highest BCUT2D eigenvalue weighted by molar-refractivity contribution is 5.91. The Morgan fingerprint density at radius 3 is 2.43 bits per heavy atom. The van der Waals surface area contributed by atoms with Gasteiger partial charge in [0.1, 0.15) is 17.7 Å². The van der Waals surface area contributed by atoms with Gasteiger partial charge in [0.15, 0.2) is 0 Å². The van der Waals surface area contributed by atoms with Gasteiger partial charge in [-0.15, -0.1) is 0 Å². The standard InChI is InChI=1S/C27H32N4O4/c1-17(2)25(24-15-18(3)30-35-24)27(34)31-14-4-5-23(31)26(33)29-22(16-32)21-8-6-19(7-9-21)20-10-12-28-13-11-20/h6-13,15,17,22-23,25,32H,4-5,14,16H2,1-3H3,(H,29,33)/t22-,23-,25+/m0/s1. The molecule has 4 rings (SSSR count). The summed E-state index contributed by atoms with van der Waals surface area (Å²) in [6.07, 6.45) is 4.80. The number of likely N-dealkylation sites (tertiary alicyclic amines) is 1. The minimum Gasteiger partial charge on any atom is -0.394 e. The van der Waals surface area contributed by atoms with Crippen LogP contribution in [-0.2, 0) is 9.59 Å². The van der Waals surface area contributed by atoms with Crippen LogP contribution in [0, 0.1) is 12.8 Å². The third-order valence-corrected chi connectivity index (χ3v) is 6.55. The van der Waals surface area contributed by atoms with Crippen molar-refractivity contribution in [3.05, 3.63) is 71.9 Å². The van der Waals surface area contributed by atoms with E-state index in [2.05, 4.69) is 15.5 Å². The second-order valence-corrected chi connectivity index (χ2v) is 9.38. The van der Waals surface area contributed by atoms with Gasteiger partial charge in [0.05, 0.1) is 18.3 Å². The summed E-state index contributed by atoms with van der Waals surface area (Å²) in [6, 6.07) is 12.2. The van der Waals surface area contributed by atoms with Gasteiger partial charge in [0, 0.05) is 25.0 Å². The number of pyridine rings is 1. The molecule has 184 valence electrons. The Morgan fingerprint density at radius 2 is 1.83 bits per heavy atom. The first-order chi connectivity index (χ1) is 16.9. The van der Waals surface area contributed by atoms with Gasteiger partial charge in [0.2, 0.25) is 11.8 Å². The molecule has 1 aliphatic rings. The Morgan fingerprint density at radius 1 is 1.14 bits per heavy atom. The number of hydrogen-bond donors (Lipinski definition) is 2. The Kier molecular flexibility index (Phi) is 7.60. The van der Waals surface area contributed by atoms with Crippen molar-refractivity contribution in [3.63, 3.8) is 0 Å². The zero-order chi connectivity index (χ0) is 24.9. The quantitative estimate of drug-likeness (QED) is 0.514. The summed E-state index contributed by atoms with van der Waals surface area (Å²) in [4.78, 5) is 32.5. The van der Waals surface area contributed by atoms with Crippen LogP contribution in [0.2, 0.25) is 0 Å². The van der Waals surface area contributed by atoms with Gasteiger partial charge in [-0.1, -0.05) is 43.3 Å². The monoisotopic (exact) mass is 476 g/mol. The van der Waals surface area contributed by atoms with Crippen molar-refractivity contribution in [2.75, 3.05) is 13.2 Å². The van der Waals surface area contributed by atoms with Crippen molar-refractivity contribution >= 4 is 11.8 Å². The third-order valence-electron chi connectivity index (χ3n) is 6.55. The Balaban J connectivity index is 1.47. The van der Waals surface area contributed by atoms with Gasteiger partial charge >= 0.3 is 0 Å². The minimum absolute atomic E-state index is 0.0109. The fraction of sp³-hybridized carbons (Fsp3) is 0.407. The largest absolute Gasteiger partial charge is 0.394 e. The van der Waals surface area contributed by atoms with Crippen LogP contribution in [0.1, 0.15) is 55.7 Å². The minimum atomic E-state index is -0.585. The maximum Gasteiger partial charge on any atom is 0.243 e. The summed E-state index contributed by atoms with van der Waals surface area (Å²) in [5, 5.41) is 16.9.